The van der Waals surface area contributed by atoms with Gasteiger partial charge in [0.05, 0.1) is 11.3 Å². The van der Waals surface area contributed by atoms with Crippen molar-refractivity contribution in [1.29, 1.82) is 0 Å². The summed E-state index contributed by atoms with van der Waals surface area (Å²) in [5.74, 6) is 2.24. The summed E-state index contributed by atoms with van der Waals surface area (Å²) in [4.78, 5) is 12.5. The predicted octanol–water partition coefficient (Wildman–Crippen LogP) is 3.00. The van der Waals surface area contributed by atoms with Crippen LogP contribution in [0.2, 0.25) is 0 Å². The molecule has 0 aliphatic heterocycles. The van der Waals surface area contributed by atoms with Gasteiger partial charge < -0.3 is 5.32 Å². The Morgan fingerprint density at radius 1 is 1.24 bits per heavy atom. The first-order valence-electron chi connectivity index (χ1n) is 8.57. The lowest BCUT2D eigenvalue weighted by Crippen LogP contribution is -2.28. The molecule has 1 aromatic rings. The molecule has 0 bridgehead atoms. The molecule has 4 rings (SSSR count). The molecular weight excluding hydrogens is 262 g/mol. The van der Waals surface area contributed by atoms with Crippen molar-refractivity contribution in [2.75, 3.05) is 0 Å². The monoisotopic (exact) mass is 287 g/mol. The van der Waals surface area contributed by atoms with Gasteiger partial charge in [0.2, 0.25) is 0 Å². The zero-order valence-electron chi connectivity index (χ0n) is 12.8. The van der Waals surface area contributed by atoms with E-state index < -0.39 is 0 Å². The summed E-state index contributed by atoms with van der Waals surface area (Å²) >= 11 is 0. The van der Waals surface area contributed by atoms with E-state index in [-0.39, 0.29) is 5.91 Å². The Kier molecular flexibility index (Phi) is 3.27. The molecule has 1 amide bonds. The van der Waals surface area contributed by atoms with Gasteiger partial charge in [-0.2, -0.15) is 5.10 Å². The van der Waals surface area contributed by atoms with Gasteiger partial charge in [-0.15, -0.1) is 0 Å². The summed E-state index contributed by atoms with van der Waals surface area (Å²) in [5.41, 5.74) is 1.83. The largest absolute Gasteiger partial charge is 0.349 e. The summed E-state index contributed by atoms with van der Waals surface area (Å²) in [6.45, 7) is 0. The normalized spacial score (nSPS) is 29.4. The summed E-state index contributed by atoms with van der Waals surface area (Å²) in [6, 6.07) is 0.424. The molecule has 2 atom stereocenters. The molecule has 1 N–H and O–H groups in total. The Hall–Kier alpha value is -1.32. The van der Waals surface area contributed by atoms with Crippen LogP contribution in [-0.2, 0) is 7.05 Å². The van der Waals surface area contributed by atoms with E-state index in [1.54, 1.807) is 4.68 Å². The fourth-order valence-corrected chi connectivity index (χ4v) is 4.05. The Morgan fingerprint density at radius 3 is 2.71 bits per heavy atom. The van der Waals surface area contributed by atoms with E-state index in [2.05, 4.69) is 10.4 Å². The number of nitrogens with zero attached hydrogens (tertiary/aromatic N) is 2. The van der Waals surface area contributed by atoms with Crippen molar-refractivity contribution in [1.82, 2.24) is 15.1 Å². The van der Waals surface area contributed by atoms with E-state index in [4.69, 9.17) is 0 Å². The van der Waals surface area contributed by atoms with Crippen LogP contribution in [0.4, 0.5) is 0 Å². The SMILES string of the molecule is Cn1cc(C(=O)N[C@@H]2C[C@H]2C2CCCCC2)c(C2CC2)n1. The molecule has 0 saturated heterocycles. The van der Waals surface area contributed by atoms with Crippen LogP contribution in [-0.4, -0.2) is 21.7 Å². The van der Waals surface area contributed by atoms with E-state index >= 15 is 0 Å². The van der Waals surface area contributed by atoms with Crippen LogP contribution in [0.15, 0.2) is 6.20 Å². The molecule has 3 aliphatic rings. The van der Waals surface area contributed by atoms with E-state index in [0.29, 0.717) is 12.0 Å². The summed E-state index contributed by atoms with van der Waals surface area (Å²) in [6.07, 6.45) is 12.4. The summed E-state index contributed by atoms with van der Waals surface area (Å²) in [7, 11) is 1.91. The van der Waals surface area contributed by atoms with Crippen molar-refractivity contribution < 1.29 is 4.79 Å². The number of aryl methyl sites for hydroxylation is 1. The fourth-order valence-electron chi connectivity index (χ4n) is 4.05. The van der Waals surface area contributed by atoms with Crippen LogP contribution in [0.5, 0.6) is 0 Å². The Morgan fingerprint density at radius 2 is 2.00 bits per heavy atom. The number of hydrogen-bond donors (Lipinski definition) is 1. The number of nitrogens with one attached hydrogen (secondary N) is 1. The minimum absolute atomic E-state index is 0.105. The van der Waals surface area contributed by atoms with Gasteiger partial charge in [0.15, 0.2) is 0 Å². The van der Waals surface area contributed by atoms with Crippen LogP contribution in [0.1, 0.15) is 73.3 Å². The lowest BCUT2D eigenvalue weighted by molar-refractivity contribution is 0.0945. The number of rotatable bonds is 4. The third-order valence-electron chi connectivity index (χ3n) is 5.48. The molecule has 4 heteroatoms. The van der Waals surface area contributed by atoms with Crippen molar-refractivity contribution in [3.63, 3.8) is 0 Å². The second-order valence-corrected chi connectivity index (χ2v) is 7.25. The molecule has 0 spiro atoms. The second-order valence-electron chi connectivity index (χ2n) is 7.25. The van der Waals surface area contributed by atoms with E-state index in [0.717, 1.165) is 23.1 Å². The van der Waals surface area contributed by atoms with E-state index in [9.17, 15) is 4.79 Å². The topological polar surface area (TPSA) is 46.9 Å². The zero-order chi connectivity index (χ0) is 14.4. The van der Waals surface area contributed by atoms with Gasteiger partial charge in [-0.25, -0.2) is 0 Å². The lowest BCUT2D eigenvalue weighted by atomic mass is 9.85. The first-order chi connectivity index (χ1) is 10.2. The Bertz CT molecular complexity index is 540. The van der Waals surface area contributed by atoms with E-state index in [1.807, 2.05) is 13.2 Å². The van der Waals surface area contributed by atoms with Crippen molar-refractivity contribution >= 4 is 5.91 Å². The van der Waals surface area contributed by atoms with Gasteiger partial charge in [0, 0.05) is 25.2 Å². The highest BCUT2D eigenvalue weighted by atomic mass is 16.1. The highest BCUT2D eigenvalue weighted by molar-refractivity contribution is 5.95. The van der Waals surface area contributed by atoms with Crippen molar-refractivity contribution in [2.24, 2.45) is 18.9 Å². The lowest BCUT2D eigenvalue weighted by Gasteiger charge is -2.21. The number of amides is 1. The minimum atomic E-state index is 0.105. The highest BCUT2D eigenvalue weighted by Gasteiger charge is 2.44. The maximum atomic E-state index is 12.5. The van der Waals surface area contributed by atoms with Crippen LogP contribution in [0, 0.1) is 11.8 Å². The van der Waals surface area contributed by atoms with Crippen molar-refractivity contribution in [2.45, 2.75) is 63.3 Å². The second kappa shape index (κ2) is 5.15. The van der Waals surface area contributed by atoms with Gasteiger partial charge in [0.1, 0.15) is 0 Å². The third kappa shape index (κ3) is 2.72. The quantitative estimate of drug-likeness (QED) is 0.925. The number of hydrogen-bond acceptors (Lipinski definition) is 2. The Labute approximate surface area is 126 Å². The number of carbonyl (C=O) groups excluding carboxylic acids is 1. The molecule has 1 heterocycles. The fraction of sp³-hybridized carbons (Fsp3) is 0.765. The maximum Gasteiger partial charge on any atom is 0.254 e. The molecule has 3 saturated carbocycles. The van der Waals surface area contributed by atoms with E-state index in [1.165, 1.54) is 51.4 Å². The molecule has 21 heavy (non-hydrogen) atoms. The first-order valence-corrected chi connectivity index (χ1v) is 8.57. The van der Waals surface area contributed by atoms with Gasteiger partial charge in [-0.1, -0.05) is 32.1 Å². The van der Waals surface area contributed by atoms with Crippen LogP contribution >= 0.6 is 0 Å². The van der Waals surface area contributed by atoms with Crippen molar-refractivity contribution in [3.8, 4) is 0 Å². The molecule has 0 aromatic carbocycles. The van der Waals surface area contributed by atoms with Gasteiger partial charge in [0.25, 0.3) is 5.91 Å². The highest BCUT2D eigenvalue weighted by Crippen LogP contribution is 2.45. The van der Waals surface area contributed by atoms with Crippen LogP contribution < -0.4 is 5.32 Å². The molecule has 0 unspecified atom stereocenters. The average molecular weight is 287 g/mol. The zero-order valence-corrected chi connectivity index (χ0v) is 12.8. The molecule has 4 nitrogen and oxygen atoms in total. The Balaban J connectivity index is 1.38. The van der Waals surface area contributed by atoms with Gasteiger partial charge in [-0.3, -0.25) is 9.48 Å². The maximum absolute atomic E-state index is 12.5. The summed E-state index contributed by atoms with van der Waals surface area (Å²) < 4.78 is 1.79. The van der Waals surface area contributed by atoms with Crippen LogP contribution in [0.3, 0.4) is 0 Å². The smallest absolute Gasteiger partial charge is 0.254 e. The molecule has 3 fully saturated rings. The standard InChI is InChI=1S/C17H25N3O/c1-20-10-14(16(19-20)12-7-8-12)17(21)18-15-9-13(15)11-5-3-2-4-6-11/h10-13,15H,2-9H2,1H3,(H,18,21)/t13-,15+/m0/s1. The molecule has 0 radical (unpaired) electrons. The third-order valence-corrected chi connectivity index (χ3v) is 5.48. The molecule has 1 aromatic heterocycles. The average Bonchev–Trinajstić information content (AvgIpc) is 3.40. The first kappa shape index (κ1) is 13.4. The number of carbonyl (C=O) groups is 1. The molecule has 3 aliphatic carbocycles. The minimum Gasteiger partial charge on any atom is -0.349 e. The predicted molar refractivity (Wildman–Crippen MR) is 81.1 cm³/mol. The van der Waals surface area contributed by atoms with Gasteiger partial charge in [-0.05, 0) is 31.1 Å². The van der Waals surface area contributed by atoms with Crippen molar-refractivity contribution in [3.05, 3.63) is 17.5 Å². The van der Waals surface area contributed by atoms with Gasteiger partial charge >= 0.3 is 0 Å². The summed E-state index contributed by atoms with van der Waals surface area (Å²) in [5, 5.41) is 7.75. The molecular formula is C17H25N3O. The van der Waals surface area contributed by atoms with Crippen LogP contribution in [0.25, 0.3) is 0 Å². The molecule has 114 valence electrons. The number of aromatic nitrogens is 2.